The van der Waals surface area contributed by atoms with Crippen LogP contribution < -0.4 is 0 Å². The number of carbonyl (C=O) groups excluding carboxylic acids is 1. The molecule has 0 amide bonds. The van der Waals surface area contributed by atoms with Crippen LogP contribution in [0.4, 0.5) is 30.7 Å². The first kappa shape index (κ1) is 13.1. The number of hydrogen-bond acceptors (Lipinski definition) is 1. The summed E-state index contributed by atoms with van der Waals surface area (Å²) in [6.45, 7) is 0. The lowest BCUT2D eigenvalue weighted by molar-refractivity contribution is -0.245. The molecule has 0 heterocycles. The fraction of sp³-hybridized carbons (Fsp3) is 0.462. The highest BCUT2D eigenvalue weighted by molar-refractivity contribution is 6.02. The van der Waals surface area contributed by atoms with Crippen LogP contribution >= 0.6 is 0 Å². The SMILES string of the molecule is O=C1C2(F)CC3CC1(F)C3(F)c1c(F)c(F)c(F)c(F)c12. The molecule has 3 saturated carbocycles. The van der Waals surface area contributed by atoms with Gasteiger partial charge in [-0.15, -0.1) is 0 Å². The third-order valence-electron chi connectivity index (χ3n) is 4.94. The van der Waals surface area contributed by atoms with Crippen LogP contribution in [0.1, 0.15) is 24.0 Å². The summed E-state index contributed by atoms with van der Waals surface area (Å²) in [7, 11) is 0. The highest BCUT2D eigenvalue weighted by Gasteiger charge is 2.86. The van der Waals surface area contributed by atoms with Crippen molar-refractivity contribution in [1.29, 1.82) is 0 Å². The highest BCUT2D eigenvalue weighted by Crippen LogP contribution is 2.74. The summed E-state index contributed by atoms with van der Waals surface area (Å²) in [6.07, 6.45) is -1.60. The maximum Gasteiger partial charge on any atom is 0.215 e. The number of rotatable bonds is 0. The zero-order valence-electron chi connectivity index (χ0n) is 10.0. The molecule has 1 aromatic carbocycles. The molecule has 1 nitrogen and oxygen atoms in total. The molecular weight excluding hydrogens is 305 g/mol. The Labute approximate surface area is 112 Å². The Bertz CT molecular complexity index is 747. The van der Waals surface area contributed by atoms with Crippen LogP contribution in [0.25, 0.3) is 0 Å². The molecule has 0 N–H and O–H groups in total. The fourth-order valence-electron chi connectivity index (χ4n) is 4.00. The van der Waals surface area contributed by atoms with Crippen LogP contribution in [0.2, 0.25) is 0 Å². The molecule has 4 unspecified atom stereocenters. The quantitative estimate of drug-likeness (QED) is 0.408. The molecule has 3 fully saturated rings. The Morgan fingerprint density at radius 1 is 0.810 bits per heavy atom. The van der Waals surface area contributed by atoms with Gasteiger partial charge in [-0.3, -0.25) is 4.79 Å². The van der Waals surface area contributed by atoms with Gasteiger partial charge in [-0.2, -0.15) is 0 Å². The smallest absolute Gasteiger partial charge is 0.215 e. The van der Waals surface area contributed by atoms with Gasteiger partial charge in [0.2, 0.25) is 17.1 Å². The summed E-state index contributed by atoms with van der Waals surface area (Å²) < 4.78 is 98.1. The summed E-state index contributed by atoms with van der Waals surface area (Å²) >= 11 is 0. The van der Waals surface area contributed by atoms with Crippen LogP contribution in [-0.4, -0.2) is 11.5 Å². The predicted molar refractivity (Wildman–Crippen MR) is 53.4 cm³/mol. The second-order valence-corrected chi connectivity index (χ2v) is 5.75. The Hall–Kier alpha value is -1.60. The average Bonchev–Trinajstić information content (AvgIpc) is 2.43. The van der Waals surface area contributed by atoms with Crippen molar-refractivity contribution >= 4 is 5.78 Å². The molecule has 8 heteroatoms. The van der Waals surface area contributed by atoms with Crippen molar-refractivity contribution in [3.8, 4) is 0 Å². The van der Waals surface area contributed by atoms with E-state index in [1.165, 1.54) is 0 Å². The number of Topliss-reactive ketones (excluding diaryl/α,β-unsaturated/α-hetero) is 1. The molecule has 5 aliphatic rings. The minimum atomic E-state index is -3.37. The van der Waals surface area contributed by atoms with E-state index in [0.717, 1.165) is 0 Å². The lowest BCUT2D eigenvalue weighted by atomic mass is 9.41. The first-order chi connectivity index (χ1) is 9.60. The van der Waals surface area contributed by atoms with Crippen LogP contribution in [0.3, 0.4) is 0 Å². The Morgan fingerprint density at radius 3 is 1.90 bits per heavy atom. The number of halogens is 7. The minimum Gasteiger partial charge on any atom is -0.292 e. The second-order valence-electron chi connectivity index (χ2n) is 5.75. The first-order valence-corrected chi connectivity index (χ1v) is 6.09. The van der Waals surface area contributed by atoms with Gasteiger partial charge in [0, 0.05) is 17.0 Å². The molecular formula is C13H5F7O. The maximum absolute atomic E-state index is 14.9. The van der Waals surface area contributed by atoms with Gasteiger partial charge in [-0.05, 0) is 12.8 Å². The molecule has 4 atom stereocenters. The number of hydrogen-bond donors (Lipinski definition) is 0. The second kappa shape index (κ2) is 3.10. The van der Waals surface area contributed by atoms with Crippen molar-refractivity contribution in [2.75, 3.05) is 0 Å². The van der Waals surface area contributed by atoms with Gasteiger partial charge >= 0.3 is 0 Å². The summed E-state index contributed by atoms with van der Waals surface area (Å²) in [5.74, 6) is -12.4. The third kappa shape index (κ3) is 0.971. The molecule has 0 radical (unpaired) electrons. The van der Waals surface area contributed by atoms with Gasteiger partial charge < -0.3 is 0 Å². The van der Waals surface area contributed by atoms with E-state index in [1.54, 1.807) is 0 Å². The molecule has 5 aliphatic carbocycles. The van der Waals surface area contributed by atoms with Gasteiger partial charge in [0.25, 0.3) is 0 Å². The first-order valence-electron chi connectivity index (χ1n) is 6.09. The molecule has 112 valence electrons. The zero-order chi connectivity index (χ0) is 15.5. The molecule has 0 aromatic heterocycles. The van der Waals surface area contributed by atoms with Crippen molar-refractivity contribution in [2.24, 2.45) is 5.92 Å². The molecule has 6 rings (SSSR count). The van der Waals surface area contributed by atoms with E-state index < -0.39 is 75.9 Å². The fourth-order valence-corrected chi connectivity index (χ4v) is 4.00. The van der Waals surface area contributed by atoms with Gasteiger partial charge in [0.15, 0.2) is 28.9 Å². The van der Waals surface area contributed by atoms with Crippen LogP contribution in [-0.2, 0) is 16.1 Å². The molecule has 0 spiro atoms. The van der Waals surface area contributed by atoms with Crippen LogP contribution in [0.5, 0.6) is 0 Å². The lowest BCUT2D eigenvalue weighted by Crippen LogP contribution is -2.78. The molecule has 0 aliphatic heterocycles. The van der Waals surface area contributed by atoms with E-state index in [2.05, 4.69) is 0 Å². The van der Waals surface area contributed by atoms with E-state index in [9.17, 15) is 35.5 Å². The van der Waals surface area contributed by atoms with E-state index in [4.69, 9.17) is 0 Å². The standard InChI is InChI=1S/C13H5F7O/c14-6-4-5(7(15)9(17)8(6)16)13(20)3-1-11(4,18)10(21)12(13,19)2-3/h3H,1-2H2. The number of alkyl halides is 3. The topological polar surface area (TPSA) is 17.1 Å². The minimum absolute atomic E-state index is 0.687. The number of carbonyl (C=O) groups is 1. The van der Waals surface area contributed by atoms with E-state index in [-0.39, 0.29) is 0 Å². The third-order valence-corrected chi connectivity index (χ3v) is 4.94. The highest BCUT2D eigenvalue weighted by atomic mass is 19.2. The van der Waals surface area contributed by atoms with E-state index in [0.29, 0.717) is 0 Å². The Morgan fingerprint density at radius 2 is 1.33 bits per heavy atom. The van der Waals surface area contributed by atoms with Crippen molar-refractivity contribution < 1.29 is 35.5 Å². The Kier molecular flexibility index (Phi) is 1.93. The summed E-state index contributed by atoms with van der Waals surface area (Å²) in [6, 6.07) is 0. The van der Waals surface area contributed by atoms with Gasteiger partial charge in [-0.1, -0.05) is 0 Å². The van der Waals surface area contributed by atoms with Crippen LogP contribution in [0, 0.1) is 29.2 Å². The van der Waals surface area contributed by atoms with Crippen LogP contribution in [0.15, 0.2) is 0 Å². The van der Waals surface area contributed by atoms with E-state index in [1.807, 2.05) is 0 Å². The van der Waals surface area contributed by atoms with Crippen molar-refractivity contribution in [1.82, 2.24) is 0 Å². The normalized spacial score (nSPS) is 42.8. The van der Waals surface area contributed by atoms with Crippen molar-refractivity contribution in [3.05, 3.63) is 34.4 Å². The maximum atomic E-state index is 14.9. The molecule has 0 saturated heterocycles. The Balaban J connectivity index is 2.21. The average molecular weight is 310 g/mol. The summed E-state index contributed by atoms with van der Waals surface area (Å²) in [4.78, 5) is 11.8. The van der Waals surface area contributed by atoms with Gasteiger partial charge in [-0.25, -0.2) is 30.7 Å². The molecule has 1 aromatic rings. The van der Waals surface area contributed by atoms with E-state index >= 15 is 0 Å². The lowest BCUT2D eigenvalue weighted by Gasteiger charge is -2.64. The summed E-state index contributed by atoms with van der Waals surface area (Å²) in [5, 5.41) is 0. The number of benzene rings is 1. The summed E-state index contributed by atoms with van der Waals surface area (Å²) in [5.41, 5.74) is -13.2. The van der Waals surface area contributed by atoms with Crippen molar-refractivity contribution in [2.45, 2.75) is 29.8 Å². The zero-order valence-corrected chi connectivity index (χ0v) is 10.0. The number of ketones is 1. The van der Waals surface area contributed by atoms with Crippen molar-refractivity contribution in [3.63, 3.8) is 0 Å². The predicted octanol–water partition coefficient (Wildman–Crippen LogP) is 3.29. The monoisotopic (exact) mass is 310 g/mol. The van der Waals surface area contributed by atoms with Gasteiger partial charge in [0.05, 0.1) is 0 Å². The van der Waals surface area contributed by atoms with Gasteiger partial charge in [0.1, 0.15) is 0 Å². The largest absolute Gasteiger partial charge is 0.292 e. The molecule has 21 heavy (non-hydrogen) atoms. The molecule has 4 bridgehead atoms.